The van der Waals surface area contributed by atoms with E-state index in [1.54, 1.807) is 12.3 Å². The minimum absolute atomic E-state index is 0.0122. The molecule has 0 radical (unpaired) electrons. The molecule has 37 heavy (non-hydrogen) atoms. The van der Waals surface area contributed by atoms with Gasteiger partial charge in [0.05, 0.1) is 10.5 Å². The van der Waals surface area contributed by atoms with Crippen molar-refractivity contribution in [3.63, 3.8) is 0 Å². The highest BCUT2D eigenvalue weighted by Gasteiger charge is 2.40. The summed E-state index contributed by atoms with van der Waals surface area (Å²) < 4.78 is 98.7. The number of alkyl halides is 5. The summed E-state index contributed by atoms with van der Waals surface area (Å²) in [6.45, 7) is 3.14. The predicted molar refractivity (Wildman–Crippen MR) is 124 cm³/mol. The molecule has 0 spiro atoms. The summed E-state index contributed by atoms with van der Waals surface area (Å²) in [4.78, 5) is 13.4. The number of amides is 1. The molecule has 0 bridgehead atoms. The molecule has 1 aromatic carbocycles. The Morgan fingerprint density at radius 1 is 1.19 bits per heavy atom. The molecule has 7 nitrogen and oxygen atoms in total. The maximum Gasteiger partial charge on any atom is 0.417 e. The fraction of sp³-hybridized carbons (Fsp3) is 0.500. The van der Waals surface area contributed by atoms with Crippen LogP contribution in [0.1, 0.15) is 49.9 Å². The topological polar surface area (TPSA) is 95.2 Å². The Labute approximate surface area is 211 Å². The lowest BCUT2D eigenvalue weighted by Crippen LogP contribution is -2.51. The summed E-state index contributed by atoms with van der Waals surface area (Å²) in [6.07, 6.45) is -2.44. The van der Waals surface area contributed by atoms with Crippen molar-refractivity contribution < 1.29 is 35.2 Å². The van der Waals surface area contributed by atoms with Crippen LogP contribution in [-0.4, -0.2) is 42.9 Å². The van der Waals surface area contributed by atoms with Gasteiger partial charge in [-0.15, -0.1) is 0 Å². The molecule has 1 aromatic heterocycles. The van der Waals surface area contributed by atoms with Crippen LogP contribution >= 0.6 is 0 Å². The Hall–Kier alpha value is -2.98. The summed E-state index contributed by atoms with van der Waals surface area (Å²) in [6, 6.07) is 4.66. The van der Waals surface area contributed by atoms with Crippen molar-refractivity contribution >= 4 is 15.9 Å². The second-order valence-corrected chi connectivity index (χ2v) is 10.9. The zero-order chi connectivity index (χ0) is 27.6. The Bertz CT molecular complexity index is 1270. The molecule has 1 atom stereocenters. The maximum absolute atomic E-state index is 13.9. The number of carbonyl (C=O) groups is 1. The number of benzene rings is 1. The predicted octanol–water partition coefficient (Wildman–Crippen LogP) is 4.49. The van der Waals surface area contributed by atoms with Crippen LogP contribution in [0.3, 0.4) is 0 Å². The average Bonchev–Trinajstić information content (AvgIpc) is 3.28. The van der Waals surface area contributed by atoms with Crippen LogP contribution in [0, 0.1) is 17.2 Å². The number of sulfonamides is 1. The number of aryl methyl sites for hydroxylation is 1. The van der Waals surface area contributed by atoms with Crippen molar-refractivity contribution in [1.82, 2.24) is 14.2 Å². The minimum Gasteiger partial charge on any atom is -0.341 e. The van der Waals surface area contributed by atoms with E-state index in [1.165, 1.54) is 15.5 Å². The third-order valence-electron chi connectivity index (χ3n) is 6.38. The first kappa shape index (κ1) is 28.6. The number of carbonyl (C=O) groups excluding carboxylic acids is 1. The van der Waals surface area contributed by atoms with E-state index in [4.69, 9.17) is 0 Å². The number of rotatable bonds is 8. The molecule has 1 saturated heterocycles. The first-order chi connectivity index (χ1) is 17.1. The largest absolute Gasteiger partial charge is 0.417 e. The van der Waals surface area contributed by atoms with Gasteiger partial charge in [0.15, 0.2) is 0 Å². The van der Waals surface area contributed by atoms with Gasteiger partial charge in [-0.2, -0.15) is 23.2 Å². The lowest BCUT2D eigenvalue weighted by molar-refractivity contribution is -0.140. The number of hydrogen-bond donors (Lipinski definition) is 1. The monoisotopic (exact) mass is 546 g/mol. The van der Waals surface area contributed by atoms with Gasteiger partial charge in [-0.25, -0.2) is 17.2 Å². The average molecular weight is 547 g/mol. The van der Waals surface area contributed by atoms with Gasteiger partial charge in [-0.1, -0.05) is 13.0 Å². The van der Waals surface area contributed by atoms with Crippen molar-refractivity contribution in [3.05, 3.63) is 53.3 Å². The molecule has 202 valence electrons. The Kier molecular flexibility index (Phi) is 8.34. The Balaban J connectivity index is 1.99. The van der Waals surface area contributed by atoms with E-state index in [0.717, 1.165) is 0 Å². The van der Waals surface area contributed by atoms with Crippen LogP contribution in [0.2, 0.25) is 0 Å². The van der Waals surface area contributed by atoms with Gasteiger partial charge >= 0.3 is 6.18 Å². The molecule has 0 aliphatic carbocycles. The molecule has 13 heteroatoms. The number of halogens is 5. The summed E-state index contributed by atoms with van der Waals surface area (Å²) in [5.41, 5.74) is -2.29. The third kappa shape index (κ3) is 6.87. The summed E-state index contributed by atoms with van der Waals surface area (Å²) in [5.74, 6) is -3.88. The van der Waals surface area contributed by atoms with Crippen LogP contribution in [0.5, 0.6) is 0 Å². The molecule has 1 N–H and O–H groups in total. The van der Waals surface area contributed by atoms with Crippen molar-refractivity contribution in [2.45, 2.75) is 62.7 Å². The first-order valence-electron chi connectivity index (χ1n) is 11.6. The Morgan fingerprint density at radius 2 is 1.84 bits per heavy atom. The van der Waals surface area contributed by atoms with Crippen molar-refractivity contribution in [2.24, 2.45) is 5.92 Å². The summed E-state index contributed by atoms with van der Waals surface area (Å²) in [7, 11) is -5.08. The van der Waals surface area contributed by atoms with Gasteiger partial charge in [0.1, 0.15) is 17.8 Å². The number of nitrogens with one attached hydrogen (secondary N) is 1. The highest BCUT2D eigenvalue weighted by molar-refractivity contribution is 7.89. The highest BCUT2D eigenvalue weighted by atomic mass is 32.2. The van der Waals surface area contributed by atoms with Gasteiger partial charge in [-0.05, 0) is 49.4 Å². The van der Waals surface area contributed by atoms with Crippen LogP contribution in [0.15, 0.2) is 41.4 Å². The number of nitriles is 1. The lowest BCUT2D eigenvalue weighted by atomic mass is 9.98. The first-order valence-corrected chi connectivity index (χ1v) is 13.1. The zero-order valence-electron chi connectivity index (χ0n) is 20.2. The van der Waals surface area contributed by atoms with E-state index in [-0.39, 0.29) is 24.7 Å². The quantitative estimate of drug-likeness (QED) is 0.494. The van der Waals surface area contributed by atoms with Gasteiger partial charge in [-0.3, -0.25) is 4.79 Å². The SMILES string of the molecule is CC1CCN(C(=O)C(CCn2cccc2C#N)NS(=O)(=O)c2cc(C(C)(F)F)ccc2C(F)(F)F)CC1. The smallest absolute Gasteiger partial charge is 0.341 e. The molecule has 2 aromatic rings. The van der Waals surface area contributed by atoms with E-state index >= 15 is 0 Å². The minimum atomic E-state index is -5.15. The van der Waals surface area contributed by atoms with Crippen molar-refractivity contribution in [1.29, 1.82) is 5.26 Å². The molecule has 1 unspecified atom stereocenters. The molecular weight excluding hydrogens is 519 g/mol. The van der Waals surface area contributed by atoms with Crippen LogP contribution < -0.4 is 4.72 Å². The number of nitrogens with zero attached hydrogens (tertiary/aromatic N) is 3. The number of piperidine rings is 1. The molecule has 1 fully saturated rings. The van der Waals surface area contributed by atoms with E-state index < -0.39 is 50.1 Å². The standard InChI is InChI=1S/C24H27F5N4O3S/c1-16-7-11-33(12-8-16)22(34)20(9-13-32-10-3-4-18(32)15-30)31-37(35,36)21-14-17(23(2,25)26)5-6-19(21)24(27,28)29/h3-6,10,14,16,20,31H,7-9,11-13H2,1-2H3. The fourth-order valence-corrected chi connectivity index (χ4v) is 5.64. The molecule has 3 rings (SSSR count). The van der Waals surface area contributed by atoms with E-state index in [9.17, 15) is 40.4 Å². The Morgan fingerprint density at radius 3 is 2.41 bits per heavy atom. The molecule has 1 amide bonds. The maximum atomic E-state index is 13.9. The zero-order valence-corrected chi connectivity index (χ0v) is 21.0. The molecular formula is C24H27F5N4O3S. The van der Waals surface area contributed by atoms with E-state index in [1.807, 2.05) is 17.7 Å². The van der Waals surface area contributed by atoms with Gasteiger partial charge < -0.3 is 9.47 Å². The van der Waals surface area contributed by atoms with Crippen LogP contribution in [0.4, 0.5) is 22.0 Å². The van der Waals surface area contributed by atoms with Gasteiger partial charge in [0.25, 0.3) is 5.92 Å². The van der Waals surface area contributed by atoms with Gasteiger partial charge in [0, 0.05) is 38.3 Å². The van der Waals surface area contributed by atoms with Crippen molar-refractivity contribution in [3.8, 4) is 6.07 Å². The highest BCUT2D eigenvalue weighted by Crippen LogP contribution is 2.37. The van der Waals surface area contributed by atoms with Crippen molar-refractivity contribution in [2.75, 3.05) is 13.1 Å². The summed E-state index contributed by atoms with van der Waals surface area (Å²) in [5, 5.41) is 9.22. The molecule has 2 heterocycles. The van der Waals surface area contributed by atoms with Crippen LogP contribution in [0.25, 0.3) is 0 Å². The number of aromatic nitrogens is 1. The van der Waals surface area contributed by atoms with Gasteiger partial charge in [0.2, 0.25) is 15.9 Å². The van der Waals surface area contributed by atoms with E-state index in [0.29, 0.717) is 50.9 Å². The number of likely N-dealkylation sites (tertiary alicyclic amines) is 1. The molecule has 1 aliphatic heterocycles. The molecule has 0 saturated carbocycles. The third-order valence-corrected chi connectivity index (χ3v) is 7.89. The number of hydrogen-bond acceptors (Lipinski definition) is 4. The second kappa shape index (κ2) is 10.8. The molecule has 1 aliphatic rings. The van der Waals surface area contributed by atoms with Crippen LogP contribution in [-0.2, 0) is 33.5 Å². The lowest BCUT2D eigenvalue weighted by Gasteiger charge is -2.33. The fourth-order valence-electron chi connectivity index (χ4n) is 4.16. The van der Waals surface area contributed by atoms with E-state index in [2.05, 4.69) is 0 Å². The second-order valence-electron chi connectivity index (χ2n) is 9.27. The normalized spacial score (nSPS) is 16.4. The summed E-state index contributed by atoms with van der Waals surface area (Å²) >= 11 is 0.